The third kappa shape index (κ3) is 2.29. The molecule has 1 N–H and O–H groups in total. The van der Waals surface area contributed by atoms with E-state index in [0.717, 1.165) is 16.7 Å². The van der Waals surface area contributed by atoms with Crippen LogP contribution in [0.2, 0.25) is 0 Å². The Morgan fingerprint density at radius 3 is 2.07 bits per heavy atom. The van der Waals surface area contributed by atoms with Crippen molar-refractivity contribution < 1.29 is 19.0 Å². The van der Waals surface area contributed by atoms with E-state index in [-0.39, 0.29) is 29.6 Å². The van der Waals surface area contributed by atoms with Crippen LogP contribution in [0.25, 0.3) is 33.0 Å². The smallest absolute Gasteiger partial charge is 0.350 e. The van der Waals surface area contributed by atoms with Gasteiger partial charge in [-0.05, 0) is 18.1 Å². The lowest BCUT2D eigenvalue weighted by atomic mass is 9.87. The van der Waals surface area contributed by atoms with E-state index in [1.54, 1.807) is 0 Å². The molecule has 1 aromatic heterocycles. The lowest BCUT2D eigenvalue weighted by Crippen LogP contribution is -2.16. The van der Waals surface area contributed by atoms with Crippen molar-refractivity contribution in [1.82, 2.24) is 0 Å². The Morgan fingerprint density at radius 2 is 1.43 bits per heavy atom. The van der Waals surface area contributed by atoms with Crippen molar-refractivity contribution in [2.75, 3.05) is 6.79 Å². The zero-order valence-electron chi connectivity index (χ0n) is 15.1. The molecular weight excluding hydrogens is 356 g/mol. The number of fused-ring (bicyclic) bond motifs is 3. The number of hydrogen-bond donors (Lipinski definition) is 1. The number of aromatic hydroxyl groups is 1. The van der Waals surface area contributed by atoms with Gasteiger partial charge in [0.05, 0.1) is 0 Å². The summed E-state index contributed by atoms with van der Waals surface area (Å²) in [6.45, 7) is 1.69. The zero-order chi connectivity index (χ0) is 19.3. The molecule has 2 aliphatic rings. The zero-order valence-corrected chi connectivity index (χ0v) is 15.1. The average Bonchev–Trinajstić information content (AvgIpc) is 2.71. The number of benzene rings is 3. The van der Waals surface area contributed by atoms with Crippen LogP contribution in [-0.2, 0) is 0 Å². The summed E-state index contributed by atoms with van der Waals surface area (Å²) in [5, 5.41) is 12.1. The van der Waals surface area contributed by atoms with E-state index in [0.29, 0.717) is 16.5 Å². The first-order valence-corrected chi connectivity index (χ1v) is 8.89. The van der Waals surface area contributed by atoms with Gasteiger partial charge in [0.25, 0.3) is 5.95 Å². The lowest BCUT2D eigenvalue weighted by Gasteiger charge is -2.23. The molecule has 6 rings (SSSR count). The summed E-state index contributed by atoms with van der Waals surface area (Å²) >= 11 is 0. The molecule has 0 fully saturated rings. The van der Waals surface area contributed by atoms with E-state index >= 15 is 0 Å². The third-order valence-corrected chi connectivity index (χ3v) is 5.02. The molecule has 0 aliphatic carbocycles. The Balaban J connectivity index is 2.08. The van der Waals surface area contributed by atoms with Crippen LogP contribution in [0.3, 0.4) is 0 Å². The molecule has 0 atom stereocenters. The first kappa shape index (κ1) is 16.4. The first-order chi connectivity index (χ1) is 13.7. The fraction of sp³-hybridized carbons (Fsp3) is 0.0870. The largest absolute Gasteiger partial charge is 0.504 e. The van der Waals surface area contributed by atoms with Crippen LogP contribution >= 0.6 is 0 Å². The van der Waals surface area contributed by atoms with Crippen LogP contribution in [0.4, 0.5) is 0 Å². The van der Waals surface area contributed by atoms with Gasteiger partial charge >= 0.3 is 5.63 Å². The fourth-order valence-corrected chi connectivity index (χ4v) is 3.80. The predicted octanol–water partition coefficient (Wildman–Crippen LogP) is 4.87. The summed E-state index contributed by atoms with van der Waals surface area (Å²) < 4.78 is 16.4. The Kier molecular flexibility index (Phi) is 3.62. The van der Waals surface area contributed by atoms with Gasteiger partial charge in [0.1, 0.15) is 5.39 Å². The van der Waals surface area contributed by atoms with Gasteiger partial charge in [-0.15, -0.1) is 0 Å². The minimum atomic E-state index is -0.600. The molecule has 5 nitrogen and oxygen atoms in total. The minimum Gasteiger partial charge on any atom is -0.504 e. The fourth-order valence-electron chi connectivity index (χ4n) is 3.80. The van der Waals surface area contributed by atoms with Gasteiger partial charge < -0.3 is 19.0 Å². The molecule has 0 spiro atoms. The maximum absolute atomic E-state index is 12.7. The standard InChI is InChI=1S/C23H16O5/c1-13-16-17(14-8-4-2-5-9-14)18(15-10-6-3-7-11-15)20(24)21-19(16)22(25)28-23(13)27-12-26-21/h2-11,24H,12H2,1H3. The van der Waals surface area contributed by atoms with Gasteiger partial charge in [-0.2, -0.15) is 0 Å². The second-order valence-electron chi connectivity index (χ2n) is 6.62. The molecule has 5 heteroatoms. The maximum Gasteiger partial charge on any atom is 0.350 e. The number of phenols is 1. The molecule has 4 aromatic rings. The SMILES string of the molecule is Cc1c2oc(=O)c3c(c(O)c(-c4ccccc4)c(-c4ccccc4)c13)OCO2. The molecule has 0 saturated heterocycles. The highest BCUT2D eigenvalue weighted by molar-refractivity contribution is 6.11. The van der Waals surface area contributed by atoms with Gasteiger partial charge in [0, 0.05) is 22.1 Å². The summed E-state index contributed by atoms with van der Waals surface area (Å²) in [7, 11) is 0. The highest BCUT2D eigenvalue weighted by atomic mass is 16.7. The molecule has 4 bridgehead atoms. The van der Waals surface area contributed by atoms with Crippen molar-refractivity contribution in [2.24, 2.45) is 0 Å². The molecule has 0 radical (unpaired) electrons. The molecule has 3 heterocycles. The van der Waals surface area contributed by atoms with Crippen molar-refractivity contribution in [3.63, 3.8) is 0 Å². The van der Waals surface area contributed by atoms with Crippen molar-refractivity contribution in [2.45, 2.75) is 6.92 Å². The summed E-state index contributed by atoms with van der Waals surface area (Å²) in [4.78, 5) is 12.7. The number of rotatable bonds is 2. The highest BCUT2D eigenvalue weighted by Gasteiger charge is 2.29. The quantitative estimate of drug-likeness (QED) is 0.544. The molecule has 0 unspecified atom stereocenters. The highest BCUT2D eigenvalue weighted by Crippen LogP contribution is 2.51. The van der Waals surface area contributed by atoms with E-state index in [2.05, 4.69) is 0 Å². The maximum atomic E-state index is 12.7. The second kappa shape index (κ2) is 6.16. The van der Waals surface area contributed by atoms with Crippen LogP contribution in [0, 0.1) is 6.92 Å². The van der Waals surface area contributed by atoms with Crippen molar-refractivity contribution in [3.05, 3.63) is 76.6 Å². The molecular formula is C23H16O5. The monoisotopic (exact) mass is 372 g/mol. The Labute approximate surface area is 160 Å². The van der Waals surface area contributed by atoms with Crippen LogP contribution in [-0.4, -0.2) is 11.9 Å². The molecule has 2 aliphatic heterocycles. The third-order valence-electron chi connectivity index (χ3n) is 5.02. The molecule has 0 amide bonds. The van der Waals surface area contributed by atoms with Gasteiger partial charge in [-0.3, -0.25) is 0 Å². The summed E-state index contributed by atoms with van der Waals surface area (Å²) in [6, 6.07) is 19.2. The average molecular weight is 372 g/mol. The van der Waals surface area contributed by atoms with E-state index in [1.807, 2.05) is 67.6 Å². The Bertz CT molecular complexity index is 1260. The minimum absolute atomic E-state index is 0.0802. The Hall–Kier alpha value is -3.73. The number of ether oxygens (including phenoxy) is 2. The second-order valence-corrected chi connectivity index (χ2v) is 6.62. The molecule has 0 saturated carbocycles. The number of aryl methyl sites for hydroxylation is 1. The van der Waals surface area contributed by atoms with Crippen molar-refractivity contribution >= 4 is 10.8 Å². The summed E-state index contributed by atoms with van der Waals surface area (Å²) in [5.74, 6) is 0.101. The van der Waals surface area contributed by atoms with Gasteiger partial charge in [-0.1, -0.05) is 60.7 Å². The van der Waals surface area contributed by atoms with Gasteiger partial charge in [-0.25, -0.2) is 4.79 Å². The summed E-state index contributed by atoms with van der Waals surface area (Å²) in [5.41, 5.74) is 3.13. The van der Waals surface area contributed by atoms with Crippen LogP contribution in [0.5, 0.6) is 17.4 Å². The number of phenolic OH excluding ortho intramolecular Hbond substituents is 1. The topological polar surface area (TPSA) is 68.9 Å². The van der Waals surface area contributed by atoms with Crippen molar-refractivity contribution in [1.29, 1.82) is 0 Å². The van der Waals surface area contributed by atoms with E-state index < -0.39 is 5.63 Å². The van der Waals surface area contributed by atoms with Crippen LogP contribution in [0.1, 0.15) is 5.56 Å². The van der Waals surface area contributed by atoms with Crippen molar-refractivity contribution in [3.8, 4) is 39.7 Å². The lowest BCUT2D eigenvalue weighted by molar-refractivity contribution is 0.0836. The van der Waals surface area contributed by atoms with E-state index in [9.17, 15) is 9.90 Å². The predicted molar refractivity (Wildman–Crippen MR) is 106 cm³/mol. The Morgan fingerprint density at radius 1 is 0.821 bits per heavy atom. The van der Waals surface area contributed by atoms with Crippen LogP contribution < -0.4 is 15.1 Å². The number of hydrogen-bond acceptors (Lipinski definition) is 5. The van der Waals surface area contributed by atoms with Gasteiger partial charge in [0.15, 0.2) is 11.5 Å². The summed E-state index contributed by atoms with van der Waals surface area (Å²) in [6.07, 6.45) is 0. The normalized spacial score (nSPS) is 12.5. The molecule has 138 valence electrons. The van der Waals surface area contributed by atoms with E-state index in [4.69, 9.17) is 13.9 Å². The molecule has 3 aromatic carbocycles. The van der Waals surface area contributed by atoms with Crippen LogP contribution in [0.15, 0.2) is 69.9 Å². The first-order valence-electron chi connectivity index (χ1n) is 8.89. The molecule has 28 heavy (non-hydrogen) atoms. The van der Waals surface area contributed by atoms with Gasteiger partial charge in [0.2, 0.25) is 6.79 Å². The van der Waals surface area contributed by atoms with E-state index in [1.165, 1.54) is 0 Å².